The van der Waals surface area contributed by atoms with Gasteiger partial charge in [0.15, 0.2) is 17.5 Å². The van der Waals surface area contributed by atoms with E-state index in [0.29, 0.717) is 19.0 Å². The van der Waals surface area contributed by atoms with E-state index >= 15 is 0 Å². The summed E-state index contributed by atoms with van der Waals surface area (Å²) in [5, 5.41) is 6.32. The van der Waals surface area contributed by atoms with Gasteiger partial charge in [-0.15, -0.1) is 24.0 Å². The third-order valence-electron chi connectivity index (χ3n) is 3.46. The van der Waals surface area contributed by atoms with E-state index in [1.54, 1.807) is 19.2 Å². The van der Waals surface area contributed by atoms with Crippen molar-refractivity contribution in [3.63, 3.8) is 0 Å². The molecule has 9 heteroatoms. The number of benzene rings is 1. The number of alkyl halides is 2. The number of hydrogen-bond acceptors (Lipinski definition) is 3. The quantitative estimate of drug-likeness (QED) is 0.347. The van der Waals surface area contributed by atoms with Crippen LogP contribution >= 0.6 is 24.0 Å². The van der Waals surface area contributed by atoms with Crippen LogP contribution in [0.2, 0.25) is 0 Å². The van der Waals surface area contributed by atoms with Crippen molar-refractivity contribution < 1.29 is 18.3 Å². The third kappa shape index (κ3) is 7.06. The molecule has 0 spiro atoms. The molecular weight excluding hydrogens is 457 g/mol. The molecule has 1 heterocycles. The monoisotopic (exact) mass is 480 g/mol. The van der Waals surface area contributed by atoms with Crippen LogP contribution in [0, 0.1) is 0 Å². The lowest BCUT2D eigenvalue weighted by Crippen LogP contribution is -2.38. The second-order valence-electron chi connectivity index (χ2n) is 5.14. The molecule has 0 amide bonds. The van der Waals surface area contributed by atoms with Gasteiger partial charge in [0, 0.05) is 39.1 Å². The van der Waals surface area contributed by atoms with Gasteiger partial charge in [-0.05, 0) is 29.8 Å². The van der Waals surface area contributed by atoms with E-state index < -0.39 is 6.61 Å². The molecule has 2 aromatic rings. The van der Waals surface area contributed by atoms with Gasteiger partial charge in [0.1, 0.15) is 0 Å². The maximum Gasteiger partial charge on any atom is 0.387 e. The van der Waals surface area contributed by atoms with E-state index in [0.717, 1.165) is 12.1 Å². The molecule has 0 aliphatic carbocycles. The van der Waals surface area contributed by atoms with E-state index in [1.165, 1.54) is 13.2 Å². The van der Waals surface area contributed by atoms with Gasteiger partial charge >= 0.3 is 6.61 Å². The maximum absolute atomic E-state index is 12.5. The van der Waals surface area contributed by atoms with Crippen molar-refractivity contribution in [3.8, 4) is 11.5 Å². The molecule has 1 aromatic carbocycles. The Morgan fingerprint density at radius 3 is 2.54 bits per heavy atom. The summed E-state index contributed by atoms with van der Waals surface area (Å²) in [6.07, 6.45) is 3.97. The predicted molar refractivity (Wildman–Crippen MR) is 108 cm³/mol. The van der Waals surface area contributed by atoms with Gasteiger partial charge in [0.05, 0.1) is 7.11 Å². The lowest BCUT2D eigenvalue weighted by molar-refractivity contribution is -0.0512. The molecule has 0 saturated heterocycles. The van der Waals surface area contributed by atoms with Crippen molar-refractivity contribution in [1.29, 1.82) is 0 Å². The molecule has 6 nitrogen and oxygen atoms in total. The number of aliphatic imine (C=N–C) groups is 1. The average Bonchev–Trinajstić information content (AvgIpc) is 3.11. The minimum atomic E-state index is -2.90. The van der Waals surface area contributed by atoms with Crippen molar-refractivity contribution >= 4 is 29.9 Å². The van der Waals surface area contributed by atoms with Crippen molar-refractivity contribution in [2.45, 2.75) is 19.7 Å². The fourth-order valence-electron chi connectivity index (χ4n) is 2.25. The van der Waals surface area contributed by atoms with Gasteiger partial charge in [0.2, 0.25) is 0 Å². The Labute approximate surface area is 168 Å². The minimum absolute atomic E-state index is 0. The molecule has 0 atom stereocenters. The highest BCUT2D eigenvalue weighted by Gasteiger charge is 2.11. The van der Waals surface area contributed by atoms with E-state index in [4.69, 9.17) is 4.74 Å². The number of ether oxygens (including phenoxy) is 2. The number of nitrogens with one attached hydrogen (secondary N) is 2. The number of guanidine groups is 1. The van der Waals surface area contributed by atoms with Gasteiger partial charge in [-0.2, -0.15) is 8.78 Å². The largest absolute Gasteiger partial charge is 0.493 e. The number of halogens is 3. The topological polar surface area (TPSA) is 59.8 Å². The van der Waals surface area contributed by atoms with Crippen LogP contribution < -0.4 is 20.1 Å². The number of nitrogens with zero attached hydrogens (tertiary/aromatic N) is 2. The first-order chi connectivity index (χ1) is 12.1. The zero-order valence-corrected chi connectivity index (χ0v) is 16.9. The van der Waals surface area contributed by atoms with Crippen LogP contribution in [0.3, 0.4) is 0 Å². The van der Waals surface area contributed by atoms with Crippen molar-refractivity contribution in [2.24, 2.45) is 4.99 Å². The van der Waals surface area contributed by atoms with Crippen LogP contribution in [0.5, 0.6) is 11.5 Å². The first-order valence-corrected chi connectivity index (χ1v) is 7.79. The Bertz CT molecular complexity index is 681. The molecular formula is C17H23F2IN4O2. The van der Waals surface area contributed by atoms with E-state index in [9.17, 15) is 8.78 Å². The highest BCUT2D eigenvalue weighted by atomic mass is 127. The molecule has 0 aliphatic rings. The smallest absolute Gasteiger partial charge is 0.387 e. The Balaban J connectivity index is 0.00000338. The lowest BCUT2D eigenvalue weighted by atomic mass is 10.2. The van der Waals surface area contributed by atoms with Gasteiger partial charge in [-0.1, -0.05) is 6.07 Å². The molecule has 0 bridgehead atoms. The molecule has 0 fully saturated rings. The fraction of sp³-hybridized carbons (Fsp3) is 0.353. The zero-order chi connectivity index (χ0) is 18.1. The summed E-state index contributed by atoms with van der Waals surface area (Å²) in [5.74, 6) is 0.893. The Hall–Kier alpha value is -2.04. The zero-order valence-electron chi connectivity index (χ0n) is 14.6. The van der Waals surface area contributed by atoms with Crippen molar-refractivity contribution in [1.82, 2.24) is 15.2 Å². The van der Waals surface area contributed by atoms with E-state index in [2.05, 4.69) is 24.9 Å². The van der Waals surface area contributed by atoms with Crippen molar-refractivity contribution in [2.75, 3.05) is 20.7 Å². The minimum Gasteiger partial charge on any atom is -0.493 e. The summed E-state index contributed by atoms with van der Waals surface area (Å²) in [6, 6.07) is 8.82. The van der Waals surface area contributed by atoms with Crippen LogP contribution in [0.1, 0.15) is 5.56 Å². The number of rotatable bonds is 8. The standard InChI is InChI=1S/C17H22F2N4O2.HI/c1-20-17(21-7-10-23-8-3-4-9-23)22-12-13-5-6-14(24-2)15(11-13)25-16(18)19;/h3-6,8-9,11,16H,7,10,12H2,1-2H3,(H2,20,21,22);1H. The Kier molecular flexibility index (Phi) is 9.78. The number of methoxy groups -OCH3 is 1. The van der Waals surface area contributed by atoms with Crippen LogP contribution in [-0.2, 0) is 13.1 Å². The summed E-state index contributed by atoms with van der Waals surface area (Å²) in [5.41, 5.74) is 0.768. The van der Waals surface area contributed by atoms with Crippen LogP contribution in [0.15, 0.2) is 47.7 Å². The SMILES string of the molecule is CN=C(NCCn1cccc1)NCc1ccc(OC)c(OC(F)F)c1.I. The van der Waals surface area contributed by atoms with Crippen LogP contribution in [-0.4, -0.2) is 37.8 Å². The summed E-state index contributed by atoms with van der Waals surface area (Å²) in [7, 11) is 3.08. The highest BCUT2D eigenvalue weighted by Crippen LogP contribution is 2.29. The van der Waals surface area contributed by atoms with E-state index in [-0.39, 0.29) is 35.5 Å². The first kappa shape index (κ1) is 22.0. The predicted octanol–water partition coefficient (Wildman–Crippen LogP) is 3.08. The van der Waals surface area contributed by atoms with Gasteiger partial charge < -0.3 is 24.7 Å². The second kappa shape index (κ2) is 11.6. The summed E-state index contributed by atoms with van der Waals surface area (Å²) < 4.78 is 36.5. The lowest BCUT2D eigenvalue weighted by Gasteiger charge is -2.14. The van der Waals surface area contributed by atoms with E-state index in [1.807, 2.05) is 24.5 Å². The van der Waals surface area contributed by atoms with Crippen molar-refractivity contribution in [3.05, 3.63) is 48.3 Å². The maximum atomic E-state index is 12.5. The molecule has 0 radical (unpaired) electrons. The Morgan fingerprint density at radius 1 is 1.19 bits per heavy atom. The number of hydrogen-bond donors (Lipinski definition) is 2. The molecule has 26 heavy (non-hydrogen) atoms. The fourth-order valence-corrected chi connectivity index (χ4v) is 2.25. The molecule has 2 N–H and O–H groups in total. The Morgan fingerprint density at radius 2 is 1.92 bits per heavy atom. The summed E-state index contributed by atoms with van der Waals surface area (Å²) in [4.78, 5) is 4.14. The average molecular weight is 480 g/mol. The van der Waals surface area contributed by atoms with Gasteiger partial charge in [0.25, 0.3) is 0 Å². The van der Waals surface area contributed by atoms with Crippen LogP contribution in [0.4, 0.5) is 8.78 Å². The third-order valence-corrected chi connectivity index (χ3v) is 3.46. The summed E-state index contributed by atoms with van der Waals surface area (Å²) in [6.45, 7) is -0.980. The first-order valence-electron chi connectivity index (χ1n) is 7.79. The molecule has 0 aliphatic heterocycles. The highest BCUT2D eigenvalue weighted by molar-refractivity contribution is 14.0. The molecule has 0 saturated carbocycles. The van der Waals surface area contributed by atoms with Gasteiger partial charge in [-0.25, -0.2) is 0 Å². The van der Waals surface area contributed by atoms with Gasteiger partial charge in [-0.3, -0.25) is 4.99 Å². The summed E-state index contributed by atoms with van der Waals surface area (Å²) >= 11 is 0. The molecule has 2 rings (SSSR count). The normalized spacial score (nSPS) is 11.0. The molecule has 0 unspecified atom stereocenters. The molecule has 1 aromatic heterocycles. The molecule has 144 valence electrons. The van der Waals surface area contributed by atoms with Crippen LogP contribution in [0.25, 0.3) is 0 Å². The number of aromatic nitrogens is 1. The second-order valence-corrected chi connectivity index (χ2v) is 5.14.